The van der Waals surface area contributed by atoms with Gasteiger partial charge < -0.3 is 9.47 Å². The largest absolute Gasteiger partial charge is 0.352 e. The zero-order valence-electron chi connectivity index (χ0n) is 11.3. The Morgan fingerprint density at radius 3 is 1.79 bits per heavy atom. The van der Waals surface area contributed by atoms with Gasteiger partial charge in [0.1, 0.15) is 0 Å². The van der Waals surface area contributed by atoms with Crippen molar-refractivity contribution < 1.29 is 9.47 Å². The highest BCUT2D eigenvalue weighted by Crippen LogP contribution is 2.61. The van der Waals surface area contributed by atoms with Gasteiger partial charge in [-0.3, -0.25) is 0 Å². The Kier molecular flexibility index (Phi) is 2.30. The van der Waals surface area contributed by atoms with E-state index < -0.39 is 5.79 Å². The first-order valence-corrected chi connectivity index (χ1v) is 6.93. The van der Waals surface area contributed by atoms with Crippen LogP contribution in [-0.4, -0.2) is 20.0 Å². The van der Waals surface area contributed by atoms with Gasteiger partial charge in [-0.1, -0.05) is 36.4 Å². The molecule has 98 valence electrons. The first-order chi connectivity index (χ1) is 9.30. The van der Waals surface area contributed by atoms with Gasteiger partial charge in [0.05, 0.1) is 0 Å². The lowest BCUT2D eigenvalue weighted by Crippen LogP contribution is -2.36. The van der Waals surface area contributed by atoms with Gasteiger partial charge in [-0.25, -0.2) is 0 Å². The summed E-state index contributed by atoms with van der Waals surface area (Å²) < 4.78 is 11.6. The fraction of sp³-hybridized carbons (Fsp3) is 0.412. The minimum atomic E-state index is -0.431. The summed E-state index contributed by atoms with van der Waals surface area (Å²) in [5.74, 6) is 0.332. The number of methoxy groups -OCH3 is 2. The van der Waals surface area contributed by atoms with E-state index in [1.165, 1.54) is 21.9 Å². The van der Waals surface area contributed by atoms with Crippen LogP contribution in [0.1, 0.15) is 35.8 Å². The molecule has 2 atom stereocenters. The molecule has 0 spiro atoms. The highest BCUT2D eigenvalue weighted by molar-refractivity contribution is 5.85. The summed E-state index contributed by atoms with van der Waals surface area (Å²) in [6, 6.07) is 13.2. The molecule has 2 aromatic rings. The Labute approximate surface area is 113 Å². The minimum absolute atomic E-state index is 0.382. The summed E-state index contributed by atoms with van der Waals surface area (Å²) in [7, 11) is 3.56. The van der Waals surface area contributed by atoms with Gasteiger partial charge >= 0.3 is 0 Å². The molecule has 1 fully saturated rings. The van der Waals surface area contributed by atoms with Crippen LogP contribution in [0.25, 0.3) is 10.8 Å². The average molecular weight is 254 g/mol. The smallest absolute Gasteiger partial charge is 0.181 e. The van der Waals surface area contributed by atoms with Gasteiger partial charge in [0.2, 0.25) is 0 Å². The van der Waals surface area contributed by atoms with Gasteiger partial charge in [-0.05, 0) is 34.7 Å². The van der Waals surface area contributed by atoms with Crippen LogP contribution in [0.3, 0.4) is 0 Å². The van der Waals surface area contributed by atoms with Crippen LogP contribution < -0.4 is 0 Å². The maximum atomic E-state index is 5.82. The summed E-state index contributed by atoms with van der Waals surface area (Å²) in [4.78, 5) is 0. The maximum Gasteiger partial charge on any atom is 0.181 e. The maximum absolute atomic E-state index is 5.82. The number of hydrogen-bond acceptors (Lipinski definition) is 2. The standard InChI is InChI=1S/C17H18O2/c1-18-17(19-2)15-7-8-16(17)14-10-12-6-4-3-5-11(12)9-13(14)15/h3-6,9-10,15-16H,7-8H2,1-2H3/t15-,16+. The van der Waals surface area contributed by atoms with Gasteiger partial charge in [0.25, 0.3) is 0 Å². The first-order valence-electron chi connectivity index (χ1n) is 6.93. The molecule has 0 amide bonds. The van der Waals surface area contributed by atoms with Crippen molar-refractivity contribution >= 4 is 10.8 Å². The van der Waals surface area contributed by atoms with Crippen LogP contribution in [0.4, 0.5) is 0 Å². The van der Waals surface area contributed by atoms with Gasteiger partial charge in [0.15, 0.2) is 5.79 Å². The number of rotatable bonds is 2. The van der Waals surface area contributed by atoms with Crippen molar-refractivity contribution in [2.45, 2.75) is 30.5 Å². The predicted molar refractivity (Wildman–Crippen MR) is 75.4 cm³/mol. The van der Waals surface area contributed by atoms with E-state index in [0.717, 1.165) is 12.8 Å². The molecule has 0 heterocycles. The van der Waals surface area contributed by atoms with E-state index >= 15 is 0 Å². The predicted octanol–water partition coefficient (Wildman–Crippen LogP) is 3.80. The molecule has 2 aliphatic rings. The molecule has 0 unspecified atom stereocenters. The van der Waals surface area contributed by atoms with Crippen LogP contribution in [0.5, 0.6) is 0 Å². The molecule has 0 aromatic heterocycles. The third-order valence-corrected chi connectivity index (χ3v) is 5.06. The van der Waals surface area contributed by atoms with Crippen LogP contribution >= 0.6 is 0 Å². The first kappa shape index (κ1) is 11.4. The molecule has 0 aliphatic heterocycles. The Hall–Kier alpha value is -1.38. The summed E-state index contributed by atoms with van der Waals surface area (Å²) >= 11 is 0. The highest BCUT2D eigenvalue weighted by Gasteiger charge is 2.58. The summed E-state index contributed by atoms with van der Waals surface area (Å²) in [5, 5.41) is 2.63. The van der Waals surface area contributed by atoms with Crippen molar-refractivity contribution in [3.63, 3.8) is 0 Å². The van der Waals surface area contributed by atoms with E-state index in [-0.39, 0.29) is 0 Å². The van der Waals surface area contributed by atoms with Crippen molar-refractivity contribution in [1.29, 1.82) is 0 Å². The number of benzene rings is 2. The molecule has 1 saturated carbocycles. The molecule has 2 aromatic carbocycles. The lowest BCUT2D eigenvalue weighted by Gasteiger charge is -2.31. The van der Waals surface area contributed by atoms with Gasteiger partial charge in [-0.15, -0.1) is 0 Å². The van der Waals surface area contributed by atoms with E-state index in [9.17, 15) is 0 Å². The Morgan fingerprint density at radius 2 is 1.37 bits per heavy atom. The second-order valence-corrected chi connectivity index (χ2v) is 5.64. The van der Waals surface area contributed by atoms with E-state index in [2.05, 4.69) is 36.4 Å². The SMILES string of the molecule is COC1(OC)[C@@H]2CC[C@H]1c1cc3ccccc3cc12. The second-order valence-electron chi connectivity index (χ2n) is 5.64. The topological polar surface area (TPSA) is 18.5 Å². The zero-order valence-corrected chi connectivity index (χ0v) is 11.3. The molecule has 2 bridgehead atoms. The second kappa shape index (κ2) is 3.81. The lowest BCUT2D eigenvalue weighted by molar-refractivity contribution is -0.214. The number of fused-ring (bicyclic) bond motifs is 6. The van der Waals surface area contributed by atoms with E-state index in [4.69, 9.17) is 9.47 Å². The Balaban J connectivity index is 1.97. The molecule has 0 saturated heterocycles. The van der Waals surface area contributed by atoms with Crippen molar-refractivity contribution in [2.24, 2.45) is 0 Å². The molecule has 19 heavy (non-hydrogen) atoms. The number of ether oxygens (including phenoxy) is 2. The zero-order chi connectivity index (χ0) is 13.0. The summed E-state index contributed by atoms with van der Waals surface area (Å²) in [5.41, 5.74) is 2.86. The van der Waals surface area contributed by atoms with Crippen LogP contribution in [0, 0.1) is 0 Å². The highest BCUT2D eigenvalue weighted by atomic mass is 16.7. The fourth-order valence-electron chi connectivity index (χ4n) is 4.25. The average Bonchev–Trinajstić information content (AvgIpc) is 2.96. The van der Waals surface area contributed by atoms with Crippen molar-refractivity contribution in [2.75, 3.05) is 14.2 Å². The monoisotopic (exact) mass is 254 g/mol. The summed E-state index contributed by atoms with van der Waals surface area (Å²) in [6.45, 7) is 0. The van der Waals surface area contributed by atoms with E-state index in [1.54, 1.807) is 14.2 Å². The Bertz CT molecular complexity index is 590. The van der Waals surface area contributed by atoms with Gasteiger partial charge in [-0.2, -0.15) is 0 Å². The molecule has 0 N–H and O–H groups in total. The van der Waals surface area contributed by atoms with Crippen LogP contribution in [0.2, 0.25) is 0 Å². The van der Waals surface area contributed by atoms with Crippen molar-refractivity contribution in [3.05, 3.63) is 47.5 Å². The van der Waals surface area contributed by atoms with Crippen molar-refractivity contribution in [1.82, 2.24) is 0 Å². The summed E-state index contributed by atoms with van der Waals surface area (Å²) in [6.07, 6.45) is 2.33. The molecule has 2 heteroatoms. The van der Waals surface area contributed by atoms with E-state index in [1.807, 2.05) is 0 Å². The minimum Gasteiger partial charge on any atom is -0.352 e. The molecular weight excluding hydrogens is 236 g/mol. The quantitative estimate of drug-likeness (QED) is 0.759. The molecule has 4 rings (SSSR count). The Morgan fingerprint density at radius 1 is 0.895 bits per heavy atom. The van der Waals surface area contributed by atoms with Crippen LogP contribution in [0.15, 0.2) is 36.4 Å². The van der Waals surface area contributed by atoms with Crippen LogP contribution in [-0.2, 0) is 9.47 Å². The molecule has 2 aliphatic carbocycles. The molecule has 2 nitrogen and oxygen atoms in total. The molecular formula is C17H18O2. The normalized spacial score (nSPS) is 26.8. The van der Waals surface area contributed by atoms with E-state index in [0.29, 0.717) is 11.8 Å². The molecule has 0 radical (unpaired) electrons. The van der Waals surface area contributed by atoms with Gasteiger partial charge in [0, 0.05) is 26.1 Å². The fourth-order valence-corrected chi connectivity index (χ4v) is 4.25. The third kappa shape index (κ3) is 1.28. The lowest BCUT2D eigenvalue weighted by atomic mass is 9.89. The third-order valence-electron chi connectivity index (χ3n) is 5.06. The number of hydrogen-bond donors (Lipinski definition) is 0. The van der Waals surface area contributed by atoms with Crippen molar-refractivity contribution in [3.8, 4) is 0 Å².